The second kappa shape index (κ2) is 5.87. The highest BCUT2D eigenvalue weighted by molar-refractivity contribution is 5.96. The van der Waals surface area contributed by atoms with E-state index in [0.29, 0.717) is 11.9 Å². The average molecular weight is 235 g/mol. The van der Waals surface area contributed by atoms with Crippen LogP contribution < -0.4 is 11.3 Å². The molecule has 4 nitrogen and oxygen atoms in total. The van der Waals surface area contributed by atoms with Crippen molar-refractivity contribution in [2.75, 3.05) is 0 Å². The number of hydrazine groups is 1. The minimum atomic E-state index is 0.393. The molecule has 0 unspecified atom stereocenters. The largest absolute Gasteiger partial charge is 0.458 e. The topological polar surface area (TPSA) is 63.5 Å². The van der Waals surface area contributed by atoms with Crippen LogP contribution in [0.4, 0.5) is 0 Å². The van der Waals surface area contributed by atoms with E-state index < -0.39 is 0 Å². The third-order valence-electron chi connectivity index (χ3n) is 3.27. The van der Waals surface area contributed by atoms with Crippen LogP contribution in [0.1, 0.15) is 50.5 Å². The van der Waals surface area contributed by atoms with E-state index in [1.807, 2.05) is 12.1 Å². The van der Waals surface area contributed by atoms with Crippen molar-refractivity contribution >= 4 is 5.84 Å². The van der Waals surface area contributed by atoms with Crippen LogP contribution in [0.25, 0.3) is 0 Å². The van der Waals surface area contributed by atoms with Crippen LogP contribution >= 0.6 is 0 Å². The van der Waals surface area contributed by atoms with Gasteiger partial charge in [-0.05, 0) is 25.0 Å². The number of nitrogens with one attached hydrogen (secondary N) is 1. The van der Waals surface area contributed by atoms with E-state index in [1.165, 1.54) is 19.3 Å². The highest BCUT2D eigenvalue weighted by Crippen LogP contribution is 2.21. The summed E-state index contributed by atoms with van der Waals surface area (Å²) < 4.78 is 5.65. The maximum atomic E-state index is 5.65. The van der Waals surface area contributed by atoms with Gasteiger partial charge in [0.15, 0.2) is 11.6 Å². The van der Waals surface area contributed by atoms with Crippen molar-refractivity contribution < 1.29 is 4.42 Å². The zero-order valence-electron chi connectivity index (χ0n) is 10.4. The van der Waals surface area contributed by atoms with Gasteiger partial charge in [-0.3, -0.25) is 4.99 Å². The highest BCUT2D eigenvalue weighted by atomic mass is 16.3. The summed E-state index contributed by atoms with van der Waals surface area (Å²) in [6.07, 6.45) is 7.08. The molecule has 17 heavy (non-hydrogen) atoms. The molecule has 0 atom stereocenters. The van der Waals surface area contributed by atoms with Crippen molar-refractivity contribution in [1.82, 2.24) is 5.43 Å². The molecular formula is C13H21N3O. The Kier molecular flexibility index (Phi) is 4.20. The molecule has 4 heteroatoms. The molecule has 1 heterocycles. The lowest BCUT2D eigenvalue weighted by Gasteiger charge is -2.18. The van der Waals surface area contributed by atoms with Gasteiger partial charge in [-0.1, -0.05) is 26.2 Å². The Hall–Kier alpha value is -1.29. The molecule has 1 aliphatic rings. The van der Waals surface area contributed by atoms with Crippen molar-refractivity contribution in [1.29, 1.82) is 0 Å². The fraction of sp³-hybridized carbons (Fsp3) is 0.615. The molecule has 3 N–H and O–H groups in total. The number of aliphatic imine (C=N–C) groups is 1. The molecule has 0 amide bonds. The predicted molar refractivity (Wildman–Crippen MR) is 68.8 cm³/mol. The zero-order valence-corrected chi connectivity index (χ0v) is 10.4. The van der Waals surface area contributed by atoms with Gasteiger partial charge < -0.3 is 9.84 Å². The summed E-state index contributed by atoms with van der Waals surface area (Å²) >= 11 is 0. The molecule has 0 radical (unpaired) electrons. The number of amidine groups is 1. The van der Waals surface area contributed by atoms with Gasteiger partial charge in [-0.2, -0.15) is 0 Å². The van der Waals surface area contributed by atoms with Crippen molar-refractivity contribution in [3.05, 3.63) is 23.7 Å². The number of rotatable bonds is 3. The van der Waals surface area contributed by atoms with Crippen LogP contribution in [0.3, 0.4) is 0 Å². The van der Waals surface area contributed by atoms with Crippen molar-refractivity contribution in [3.8, 4) is 0 Å². The van der Waals surface area contributed by atoms with Gasteiger partial charge in [-0.15, -0.1) is 0 Å². The van der Waals surface area contributed by atoms with Gasteiger partial charge in [-0.25, -0.2) is 5.84 Å². The number of nitrogens with two attached hydrogens (primary N) is 1. The van der Waals surface area contributed by atoms with E-state index >= 15 is 0 Å². The van der Waals surface area contributed by atoms with Gasteiger partial charge in [0.1, 0.15) is 5.76 Å². The van der Waals surface area contributed by atoms with Crippen molar-refractivity contribution in [2.24, 2.45) is 10.8 Å². The lowest BCUT2D eigenvalue weighted by Crippen LogP contribution is -2.32. The average Bonchev–Trinajstić information content (AvgIpc) is 2.86. The Balaban J connectivity index is 2.11. The summed E-state index contributed by atoms with van der Waals surface area (Å²) in [6.45, 7) is 2.07. The fourth-order valence-electron chi connectivity index (χ4n) is 2.26. The van der Waals surface area contributed by atoms with E-state index in [4.69, 9.17) is 10.3 Å². The molecule has 2 rings (SSSR count). The Morgan fingerprint density at radius 1 is 1.41 bits per heavy atom. The van der Waals surface area contributed by atoms with E-state index in [0.717, 1.165) is 30.8 Å². The van der Waals surface area contributed by atoms with Gasteiger partial charge in [0.05, 0.1) is 6.04 Å². The van der Waals surface area contributed by atoms with Crippen LogP contribution in [0, 0.1) is 0 Å². The Morgan fingerprint density at radius 2 is 2.18 bits per heavy atom. The van der Waals surface area contributed by atoms with E-state index in [1.54, 1.807) is 0 Å². The minimum Gasteiger partial charge on any atom is -0.458 e. The Morgan fingerprint density at radius 3 is 2.76 bits per heavy atom. The molecule has 0 spiro atoms. The summed E-state index contributed by atoms with van der Waals surface area (Å²) in [4.78, 5) is 4.66. The summed E-state index contributed by atoms with van der Waals surface area (Å²) in [5.74, 6) is 7.92. The van der Waals surface area contributed by atoms with Crippen LogP contribution in [0.2, 0.25) is 0 Å². The Labute approximate surface area is 102 Å². The van der Waals surface area contributed by atoms with Crippen LogP contribution in [-0.2, 0) is 6.42 Å². The molecule has 0 bridgehead atoms. The van der Waals surface area contributed by atoms with E-state index in [2.05, 4.69) is 17.3 Å². The van der Waals surface area contributed by atoms with Crippen molar-refractivity contribution in [3.63, 3.8) is 0 Å². The number of hydrogen-bond donors (Lipinski definition) is 2. The lowest BCUT2D eigenvalue weighted by atomic mass is 9.96. The van der Waals surface area contributed by atoms with Gasteiger partial charge in [0.2, 0.25) is 0 Å². The second-order valence-corrected chi connectivity index (χ2v) is 4.53. The van der Waals surface area contributed by atoms with E-state index in [-0.39, 0.29) is 0 Å². The van der Waals surface area contributed by atoms with Gasteiger partial charge >= 0.3 is 0 Å². The number of furan rings is 1. The maximum Gasteiger partial charge on any atom is 0.179 e. The molecule has 1 aliphatic carbocycles. The predicted octanol–water partition coefficient (Wildman–Crippen LogP) is 2.38. The molecule has 0 aromatic carbocycles. The first-order valence-corrected chi connectivity index (χ1v) is 6.47. The molecule has 0 saturated heterocycles. The summed E-state index contributed by atoms with van der Waals surface area (Å²) in [5, 5.41) is 0. The molecule has 1 fully saturated rings. The van der Waals surface area contributed by atoms with E-state index in [9.17, 15) is 0 Å². The SMILES string of the molecule is CCc1ccc(C(=NC2CCCCC2)NN)o1. The molecule has 1 aromatic heterocycles. The summed E-state index contributed by atoms with van der Waals surface area (Å²) in [7, 11) is 0. The Bertz CT molecular complexity index is 378. The third-order valence-corrected chi connectivity index (χ3v) is 3.27. The standard InChI is InChI=1S/C13H21N3O/c1-2-11-8-9-12(17-11)13(16-14)15-10-6-4-3-5-7-10/h8-10H,2-7,14H2,1H3,(H,15,16). The zero-order chi connectivity index (χ0) is 12.1. The van der Waals surface area contributed by atoms with Crippen LogP contribution in [-0.4, -0.2) is 11.9 Å². The first-order chi connectivity index (χ1) is 8.33. The molecule has 1 aromatic rings. The number of hydrogen-bond acceptors (Lipinski definition) is 3. The summed E-state index contributed by atoms with van der Waals surface area (Å²) in [5.41, 5.74) is 2.66. The fourth-order valence-corrected chi connectivity index (χ4v) is 2.26. The normalized spacial score (nSPS) is 18.4. The first-order valence-electron chi connectivity index (χ1n) is 6.47. The van der Waals surface area contributed by atoms with Gasteiger partial charge in [0.25, 0.3) is 0 Å². The van der Waals surface area contributed by atoms with Crippen LogP contribution in [0.5, 0.6) is 0 Å². The quantitative estimate of drug-likeness (QED) is 0.366. The van der Waals surface area contributed by atoms with Gasteiger partial charge in [0, 0.05) is 6.42 Å². The molecule has 1 saturated carbocycles. The van der Waals surface area contributed by atoms with Crippen LogP contribution in [0.15, 0.2) is 21.5 Å². The number of nitrogens with zero attached hydrogens (tertiary/aromatic N) is 1. The number of aryl methyl sites for hydroxylation is 1. The monoisotopic (exact) mass is 235 g/mol. The highest BCUT2D eigenvalue weighted by Gasteiger charge is 2.15. The molecular weight excluding hydrogens is 214 g/mol. The smallest absolute Gasteiger partial charge is 0.179 e. The first kappa shape index (κ1) is 12.2. The second-order valence-electron chi connectivity index (χ2n) is 4.53. The molecule has 0 aliphatic heterocycles. The minimum absolute atomic E-state index is 0.393. The molecule has 94 valence electrons. The van der Waals surface area contributed by atoms with Crippen molar-refractivity contribution in [2.45, 2.75) is 51.5 Å². The third kappa shape index (κ3) is 3.09. The summed E-state index contributed by atoms with van der Waals surface area (Å²) in [6, 6.07) is 4.30. The maximum absolute atomic E-state index is 5.65. The lowest BCUT2D eigenvalue weighted by molar-refractivity contribution is 0.440.